The van der Waals surface area contributed by atoms with Gasteiger partial charge in [0.1, 0.15) is 18.1 Å². The monoisotopic (exact) mass is 296 g/mol. The first kappa shape index (κ1) is 13.8. The van der Waals surface area contributed by atoms with Crippen LogP contribution in [-0.2, 0) is 4.79 Å². The number of aldehydes is 1. The molecule has 0 saturated heterocycles. The molecular formula is C16H12N2O4. The molecule has 2 N–H and O–H groups in total. The number of nitrogens with one attached hydrogen (secondary N) is 1. The summed E-state index contributed by atoms with van der Waals surface area (Å²) in [5, 5.41) is 24.3. The highest BCUT2D eigenvalue weighted by Crippen LogP contribution is 2.35. The van der Waals surface area contributed by atoms with Crippen molar-refractivity contribution in [3.63, 3.8) is 0 Å². The Bertz CT molecular complexity index is 784. The third-order valence-corrected chi connectivity index (χ3v) is 3.57. The van der Waals surface area contributed by atoms with Gasteiger partial charge in [0.15, 0.2) is 0 Å². The number of hydrogen-bond acceptors (Lipinski definition) is 5. The molecule has 3 rings (SSSR count). The average molecular weight is 296 g/mol. The molecule has 0 amide bonds. The topological polar surface area (TPSA) is 92.5 Å². The van der Waals surface area contributed by atoms with Gasteiger partial charge in [-0.3, -0.25) is 10.1 Å². The summed E-state index contributed by atoms with van der Waals surface area (Å²) in [5.41, 5.74) is 1.85. The Balaban J connectivity index is 2.18. The van der Waals surface area contributed by atoms with E-state index in [0.717, 1.165) is 5.56 Å². The third-order valence-electron chi connectivity index (χ3n) is 3.57. The smallest absolute Gasteiger partial charge is 0.269 e. The second kappa shape index (κ2) is 5.33. The molecule has 0 aromatic heterocycles. The Labute approximate surface area is 125 Å². The van der Waals surface area contributed by atoms with Crippen LogP contribution in [0, 0.1) is 10.1 Å². The van der Waals surface area contributed by atoms with E-state index in [4.69, 9.17) is 0 Å². The summed E-state index contributed by atoms with van der Waals surface area (Å²) in [4.78, 5) is 21.7. The molecule has 1 heterocycles. The normalized spacial score (nSPS) is 16.6. The first-order chi connectivity index (χ1) is 10.6. The zero-order valence-electron chi connectivity index (χ0n) is 11.4. The van der Waals surface area contributed by atoms with Gasteiger partial charge in [-0.25, -0.2) is 0 Å². The molecule has 0 radical (unpaired) electrons. The lowest BCUT2D eigenvalue weighted by Crippen LogP contribution is -2.27. The molecule has 2 aromatic carbocycles. The first-order valence-corrected chi connectivity index (χ1v) is 6.61. The van der Waals surface area contributed by atoms with Crippen LogP contribution in [0.25, 0.3) is 11.5 Å². The van der Waals surface area contributed by atoms with E-state index in [1.807, 2.05) is 18.2 Å². The lowest BCUT2D eigenvalue weighted by molar-refractivity contribution is -0.384. The maximum absolute atomic E-state index is 11.4. The van der Waals surface area contributed by atoms with Gasteiger partial charge in [-0.15, -0.1) is 0 Å². The third kappa shape index (κ3) is 2.20. The van der Waals surface area contributed by atoms with Crippen molar-refractivity contribution < 1.29 is 14.8 Å². The Morgan fingerprint density at radius 2 is 1.91 bits per heavy atom. The van der Waals surface area contributed by atoms with Crippen molar-refractivity contribution in [3.05, 3.63) is 75.3 Å². The lowest BCUT2D eigenvalue weighted by atomic mass is 9.92. The van der Waals surface area contributed by atoms with Crippen LogP contribution in [0.15, 0.2) is 48.5 Å². The molecule has 0 spiro atoms. The molecule has 1 atom stereocenters. The zero-order valence-corrected chi connectivity index (χ0v) is 11.4. The molecular weight excluding hydrogens is 284 g/mol. The molecule has 1 aliphatic rings. The summed E-state index contributed by atoms with van der Waals surface area (Å²) < 4.78 is 0. The number of carbonyl (C=O) groups excluding carboxylic acids is 1. The van der Waals surface area contributed by atoms with Crippen molar-refractivity contribution in [1.29, 1.82) is 0 Å². The molecule has 0 fully saturated rings. The number of aliphatic hydroxyl groups excluding tert-OH is 1. The minimum atomic E-state index is -0.749. The van der Waals surface area contributed by atoms with E-state index in [0.29, 0.717) is 23.1 Å². The minimum absolute atomic E-state index is 0.0332. The lowest BCUT2D eigenvalue weighted by Gasteiger charge is -2.26. The van der Waals surface area contributed by atoms with Gasteiger partial charge in [-0.2, -0.15) is 0 Å². The number of hydrogen-bond donors (Lipinski definition) is 2. The molecule has 0 saturated carbocycles. The van der Waals surface area contributed by atoms with Crippen LogP contribution in [0.2, 0.25) is 0 Å². The van der Waals surface area contributed by atoms with Crippen LogP contribution >= 0.6 is 0 Å². The maximum Gasteiger partial charge on any atom is 0.269 e. The maximum atomic E-state index is 11.4. The number of fused-ring (bicyclic) bond motifs is 1. The molecule has 1 aliphatic heterocycles. The SMILES string of the molecule is O=CC1NC(c2ccccc2)=C(O)c2ccc([N+](=O)[O-])cc21. The van der Waals surface area contributed by atoms with Crippen molar-refractivity contribution in [2.24, 2.45) is 0 Å². The van der Waals surface area contributed by atoms with Crippen LogP contribution in [-0.4, -0.2) is 16.3 Å². The number of aliphatic hydroxyl groups is 1. The van der Waals surface area contributed by atoms with Crippen molar-refractivity contribution in [2.45, 2.75) is 6.04 Å². The predicted octanol–water partition coefficient (Wildman–Crippen LogP) is 2.82. The van der Waals surface area contributed by atoms with Gasteiger partial charge in [-0.05, 0) is 11.6 Å². The van der Waals surface area contributed by atoms with Gasteiger partial charge >= 0.3 is 0 Å². The largest absolute Gasteiger partial charge is 0.505 e. The van der Waals surface area contributed by atoms with Gasteiger partial charge in [-0.1, -0.05) is 30.3 Å². The van der Waals surface area contributed by atoms with E-state index >= 15 is 0 Å². The van der Waals surface area contributed by atoms with Gasteiger partial charge in [0, 0.05) is 23.3 Å². The molecule has 22 heavy (non-hydrogen) atoms. The van der Waals surface area contributed by atoms with Gasteiger partial charge in [0.2, 0.25) is 0 Å². The molecule has 6 heteroatoms. The van der Waals surface area contributed by atoms with Gasteiger partial charge < -0.3 is 15.2 Å². The quantitative estimate of drug-likeness (QED) is 0.516. The number of carbonyl (C=O) groups is 1. The van der Waals surface area contributed by atoms with E-state index in [9.17, 15) is 20.0 Å². The van der Waals surface area contributed by atoms with Crippen LogP contribution in [0.4, 0.5) is 5.69 Å². The van der Waals surface area contributed by atoms with Crippen LogP contribution in [0.1, 0.15) is 22.7 Å². The average Bonchev–Trinajstić information content (AvgIpc) is 2.55. The van der Waals surface area contributed by atoms with Crippen molar-refractivity contribution in [3.8, 4) is 0 Å². The van der Waals surface area contributed by atoms with E-state index in [1.165, 1.54) is 18.2 Å². The van der Waals surface area contributed by atoms with Gasteiger partial charge in [0.25, 0.3) is 5.69 Å². The molecule has 0 aliphatic carbocycles. The summed E-state index contributed by atoms with van der Waals surface area (Å²) in [7, 11) is 0. The van der Waals surface area contributed by atoms with Crippen LogP contribution in [0.5, 0.6) is 0 Å². The van der Waals surface area contributed by atoms with E-state index in [-0.39, 0.29) is 11.4 Å². The molecule has 0 bridgehead atoms. The summed E-state index contributed by atoms with van der Waals surface area (Å²) in [6, 6.07) is 12.4. The number of benzene rings is 2. The summed E-state index contributed by atoms with van der Waals surface area (Å²) in [6.45, 7) is 0. The Kier molecular flexibility index (Phi) is 3.34. The molecule has 6 nitrogen and oxygen atoms in total. The van der Waals surface area contributed by atoms with Gasteiger partial charge in [0.05, 0.1) is 10.6 Å². The summed E-state index contributed by atoms with van der Waals surface area (Å²) in [6.07, 6.45) is 0.665. The van der Waals surface area contributed by atoms with E-state index < -0.39 is 11.0 Å². The second-order valence-electron chi connectivity index (χ2n) is 4.88. The Morgan fingerprint density at radius 1 is 1.18 bits per heavy atom. The number of nitro groups is 1. The summed E-state index contributed by atoms with van der Waals surface area (Å²) >= 11 is 0. The van der Waals surface area contributed by atoms with E-state index in [1.54, 1.807) is 12.1 Å². The molecule has 1 unspecified atom stereocenters. The highest BCUT2D eigenvalue weighted by atomic mass is 16.6. The Morgan fingerprint density at radius 3 is 2.55 bits per heavy atom. The van der Waals surface area contributed by atoms with Crippen molar-refractivity contribution in [1.82, 2.24) is 5.32 Å². The molecule has 110 valence electrons. The molecule has 2 aromatic rings. The highest BCUT2D eigenvalue weighted by Gasteiger charge is 2.28. The minimum Gasteiger partial charge on any atom is -0.505 e. The van der Waals surface area contributed by atoms with E-state index in [2.05, 4.69) is 5.32 Å². The fraction of sp³-hybridized carbons (Fsp3) is 0.0625. The second-order valence-corrected chi connectivity index (χ2v) is 4.88. The standard InChI is InChI=1S/C16H12N2O4/c19-9-14-13-8-11(18(21)22)6-7-12(13)16(20)15(17-14)10-4-2-1-3-5-10/h1-9,14,17,20H. The fourth-order valence-corrected chi connectivity index (χ4v) is 2.51. The van der Waals surface area contributed by atoms with Crippen molar-refractivity contribution >= 4 is 23.4 Å². The number of nitrogens with zero attached hydrogens (tertiary/aromatic N) is 1. The summed E-state index contributed by atoms with van der Waals surface area (Å²) in [5.74, 6) is -0.0332. The first-order valence-electron chi connectivity index (χ1n) is 6.61. The van der Waals surface area contributed by atoms with Crippen molar-refractivity contribution in [2.75, 3.05) is 0 Å². The number of nitro benzene ring substituents is 1. The number of non-ortho nitro benzene ring substituents is 1. The predicted molar refractivity (Wildman–Crippen MR) is 80.9 cm³/mol. The number of rotatable bonds is 3. The zero-order chi connectivity index (χ0) is 15.7. The van der Waals surface area contributed by atoms with Crippen LogP contribution in [0.3, 0.4) is 0 Å². The van der Waals surface area contributed by atoms with Crippen LogP contribution < -0.4 is 5.32 Å². The Hall–Kier alpha value is -3.15. The fourth-order valence-electron chi connectivity index (χ4n) is 2.51. The highest BCUT2D eigenvalue weighted by molar-refractivity contribution is 5.91.